The number of carbonyl (C=O) groups is 1. The van der Waals surface area contributed by atoms with Gasteiger partial charge in [0, 0.05) is 6.42 Å². The number of carboxylic acids is 1. The Labute approximate surface area is 140 Å². The van der Waals surface area contributed by atoms with E-state index in [9.17, 15) is 9.18 Å². The minimum Gasteiger partial charge on any atom is -0.481 e. The number of rotatable bonds is 15. The summed E-state index contributed by atoms with van der Waals surface area (Å²) >= 11 is 0. The fraction of sp³-hybridized carbons (Fsp3) is 0.550. The number of aliphatic carboxylic acids is 1. The maximum absolute atomic E-state index is 11.9. The topological polar surface area (TPSA) is 37.3 Å². The molecule has 0 atom stereocenters. The molecule has 0 aromatic heterocycles. The average Bonchev–Trinajstić information content (AvgIpc) is 2.53. The Hall–Kier alpha value is -1.64. The van der Waals surface area contributed by atoms with Crippen molar-refractivity contribution < 1.29 is 14.3 Å². The Balaban J connectivity index is 3.39. The molecular weight excluding hydrogens is 291 g/mol. The third-order valence-electron chi connectivity index (χ3n) is 3.25. The van der Waals surface area contributed by atoms with Gasteiger partial charge >= 0.3 is 5.97 Å². The Morgan fingerprint density at radius 3 is 1.65 bits per heavy atom. The van der Waals surface area contributed by atoms with E-state index < -0.39 is 5.97 Å². The highest BCUT2D eigenvalue weighted by molar-refractivity contribution is 5.66. The summed E-state index contributed by atoms with van der Waals surface area (Å²) in [6.45, 7) is -0.194. The molecule has 0 bridgehead atoms. The van der Waals surface area contributed by atoms with Crippen molar-refractivity contribution in [1.29, 1.82) is 0 Å². The lowest BCUT2D eigenvalue weighted by Gasteiger charge is -1.92. The first kappa shape index (κ1) is 21.4. The van der Waals surface area contributed by atoms with E-state index in [0.29, 0.717) is 12.8 Å². The number of unbranched alkanes of at least 4 members (excludes halogenated alkanes) is 4. The van der Waals surface area contributed by atoms with Crippen LogP contribution in [0, 0.1) is 0 Å². The van der Waals surface area contributed by atoms with Gasteiger partial charge in [-0.15, -0.1) is 0 Å². The van der Waals surface area contributed by atoms with Crippen LogP contribution in [0.1, 0.15) is 64.2 Å². The maximum Gasteiger partial charge on any atom is 0.303 e. The molecule has 0 amide bonds. The van der Waals surface area contributed by atoms with E-state index in [-0.39, 0.29) is 13.1 Å². The van der Waals surface area contributed by atoms with Crippen molar-refractivity contribution >= 4 is 5.97 Å². The highest BCUT2D eigenvalue weighted by Gasteiger charge is 1.92. The molecule has 0 unspecified atom stereocenters. The SMILES string of the molecule is O=C(O)CCCC=CCC=CCC=CCC=CCCCCCF. The summed E-state index contributed by atoms with van der Waals surface area (Å²) in [6, 6.07) is 0. The second-order valence-corrected chi connectivity index (χ2v) is 5.42. The van der Waals surface area contributed by atoms with Crippen LogP contribution >= 0.6 is 0 Å². The smallest absolute Gasteiger partial charge is 0.303 e. The fourth-order valence-electron chi connectivity index (χ4n) is 1.95. The van der Waals surface area contributed by atoms with E-state index in [1.807, 2.05) is 6.08 Å². The van der Waals surface area contributed by atoms with E-state index in [2.05, 4.69) is 42.5 Å². The molecule has 130 valence electrons. The molecule has 0 aliphatic rings. The van der Waals surface area contributed by atoms with E-state index in [0.717, 1.165) is 44.9 Å². The number of hydrogen-bond donors (Lipinski definition) is 1. The van der Waals surface area contributed by atoms with Crippen LogP contribution < -0.4 is 0 Å². The number of alkyl halides is 1. The van der Waals surface area contributed by atoms with Gasteiger partial charge in [0.2, 0.25) is 0 Å². The molecule has 1 N–H and O–H groups in total. The van der Waals surface area contributed by atoms with Gasteiger partial charge in [-0.1, -0.05) is 55.0 Å². The lowest BCUT2D eigenvalue weighted by molar-refractivity contribution is -0.137. The van der Waals surface area contributed by atoms with Crippen molar-refractivity contribution in [3.8, 4) is 0 Å². The maximum atomic E-state index is 11.9. The molecule has 2 nitrogen and oxygen atoms in total. The minimum absolute atomic E-state index is 0.194. The Bertz CT molecular complexity index is 381. The van der Waals surface area contributed by atoms with Gasteiger partial charge in [-0.3, -0.25) is 9.18 Å². The largest absolute Gasteiger partial charge is 0.481 e. The Kier molecular flexibility index (Phi) is 17.1. The van der Waals surface area contributed by atoms with Crippen molar-refractivity contribution in [3.63, 3.8) is 0 Å². The quantitative estimate of drug-likeness (QED) is 0.289. The first-order chi connectivity index (χ1) is 11.3. The molecule has 0 rings (SSSR count). The zero-order valence-corrected chi connectivity index (χ0v) is 14.1. The van der Waals surface area contributed by atoms with Crippen molar-refractivity contribution in [2.45, 2.75) is 64.2 Å². The van der Waals surface area contributed by atoms with Gasteiger partial charge in [-0.05, 0) is 51.4 Å². The van der Waals surface area contributed by atoms with Gasteiger partial charge in [0.15, 0.2) is 0 Å². The van der Waals surface area contributed by atoms with Gasteiger partial charge < -0.3 is 5.11 Å². The van der Waals surface area contributed by atoms with E-state index in [1.54, 1.807) is 0 Å². The molecule has 0 fully saturated rings. The van der Waals surface area contributed by atoms with Crippen molar-refractivity contribution in [1.82, 2.24) is 0 Å². The predicted molar refractivity (Wildman–Crippen MR) is 96.3 cm³/mol. The lowest BCUT2D eigenvalue weighted by atomic mass is 10.2. The molecule has 23 heavy (non-hydrogen) atoms. The second-order valence-electron chi connectivity index (χ2n) is 5.42. The fourth-order valence-corrected chi connectivity index (χ4v) is 1.95. The van der Waals surface area contributed by atoms with Crippen LogP contribution in [0.15, 0.2) is 48.6 Å². The van der Waals surface area contributed by atoms with Crippen LogP contribution in [-0.4, -0.2) is 17.8 Å². The molecule has 0 radical (unpaired) electrons. The third kappa shape index (κ3) is 20.4. The summed E-state index contributed by atoms with van der Waals surface area (Å²) in [5.74, 6) is -0.725. The molecule has 0 saturated heterocycles. The average molecular weight is 322 g/mol. The molecule has 0 aromatic carbocycles. The van der Waals surface area contributed by atoms with Crippen molar-refractivity contribution in [3.05, 3.63) is 48.6 Å². The standard InChI is InChI=1S/C20H31FO2/c21-19-17-15-13-11-9-7-5-3-1-2-4-6-8-10-12-14-16-18-20(22)23/h1,3-4,6-7,9-10,12H,2,5,8,11,13-19H2,(H,22,23). The van der Waals surface area contributed by atoms with E-state index >= 15 is 0 Å². The molecule has 0 aliphatic carbocycles. The predicted octanol–water partition coefficient (Wildman–Crippen LogP) is 6.17. The van der Waals surface area contributed by atoms with Crippen LogP contribution in [0.3, 0.4) is 0 Å². The van der Waals surface area contributed by atoms with E-state index in [1.165, 1.54) is 0 Å². The lowest BCUT2D eigenvalue weighted by Crippen LogP contribution is -1.92. The molecule has 0 heterocycles. The van der Waals surface area contributed by atoms with Crippen molar-refractivity contribution in [2.75, 3.05) is 6.67 Å². The molecule has 3 heteroatoms. The number of allylic oxidation sites excluding steroid dienone is 8. The highest BCUT2D eigenvalue weighted by atomic mass is 19.1. The first-order valence-corrected chi connectivity index (χ1v) is 8.65. The van der Waals surface area contributed by atoms with E-state index in [4.69, 9.17) is 5.11 Å². The molecule has 0 spiro atoms. The monoisotopic (exact) mass is 322 g/mol. The molecule has 0 aromatic rings. The number of hydrogen-bond acceptors (Lipinski definition) is 1. The number of halogens is 1. The van der Waals surface area contributed by atoms with Crippen molar-refractivity contribution in [2.24, 2.45) is 0 Å². The molecule has 0 saturated carbocycles. The molecular formula is C20H31FO2. The summed E-state index contributed by atoms with van der Waals surface area (Å²) in [5.41, 5.74) is 0. The third-order valence-corrected chi connectivity index (χ3v) is 3.25. The van der Waals surface area contributed by atoms with Crippen LogP contribution in [0.2, 0.25) is 0 Å². The van der Waals surface area contributed by atoms with Gasteiger partial charge in [0.25, 0.3) is 0 Å². The van der Waals surface area contributed by atoms with Gasteiger partial charge in [0.05, 0.1) is 6.67 Å². The zero-order valence-electron chi connectivity index (χ0n) is 14.1. The summed E-state index contributed by atoms with van der Waals surface area (Å²) in [7, 11) is 0. The Morgan fingerprint density at radius 2 is 1.17 bits per heavy atom. The highest BCUT2D eigenvalue weighted by Crippen LogP contribution is 2.02. The molecule has 0 aliphatic heterocycles. The summed E-state index contributed by atoms with van der Waals surface area (Å²) in [5, 5.41) is 8.49. The summed E-state index contributed by atoms with van der Waals surface area (Å²) < 4.78 is 11.9. The zero-order chi connectivity index (χ0) is 17.0. The van der Waals surface area contributed by atoms with Crippen LogP contribution in [0.5, 0.6) is 0 Å². The number of carboxylic acid groups (broad SMARTS) is 1. The first-order valence-electron chi connectivity index (χ1n) is 8.65. The van der Waals surface area contributed by atoms with Crippen LogP contribution in [0.4, 0.5) is 4.39 Å². The summed E-state index contributed by atoms with van der Waals surface area (Å²) in [6.07, 6.45) is 25.4. The summed E-state index contributed by atoms with van der Waals surface area (Å²) in [4.78, 5) is 10.3. The van der Waals surface area contributed by atoms with Gasteiger partial charge in [-0.25, -0.2) is 0 Å². The van der Waals surface area contributed by atoms with Crippen LogP contribution in [0.25, 0.3) is 0 Å². The Morgan fingerprint density at radius 1 is 0.696 bits per heavy atom. The second kappa shape index (κ2) is 18.4. The van der Waals surface area contributed by atoms with Gasteiger partial charge in [0.1, 0.15) is 0 Å². The minimum atomic E-state index is -0.725. The normalized spacial score (nSPS) is 12.4. The van der Waals surface area contributed by atoms with Gasteiger partial charge in [-0.2, -0.15) is 0 Å². The van der Waals surface area contributed by atoms with Crippen LogP contribution in [-0.2, 0) is 4.79 Å².